The van der Waals surface area contributed by atoms with Gasteiger partial charge in [0.2, 0.25) is 0 Å². The fourth-order valence-corrected chi connectivity index (χ4v) is 3.54. The molecule has 7 nitrogen and oxygen atoms in total. The molecule has 27 heavy (non-hydrogen) atoms. The van der Waals surface area contributed by atoms with E-state index in [4.69, 9.17) is 4.74 Å². The lowest BCUT2D eigenvalue weighted by Crippen LogP contribution is -2.37. The molecule has 1 N–H and O–H groups in total. The van der Waals surface area contributed by atoms with E-state index >= 15 is 0 Å². The molecule has 0 bridgehead atoms. The van der Waals surface area contributed by atoms with Gasteiger partial charge in [-0.15, -0.1) is 0 Å². The maximum absolute atomic E-state index is 12.6. The molecule has 142 valence electrons. The number of para-hydroxylation sites is 2. The maximum Gasteiger partial charge on any atom is 0.282 e. The standard InChI is InChI=1S/C20H23N3O4/c1-27-19-11-5-3-8-15(19)18(22-12-6-7-13-22)14-21-20(24)16-9-2-4-10-17(16)23(25)26/h2-5,8-11,18H,6-7,12-14H2,1H3,(H,21,24). The summed E-state index contributed by atoms with van der Waals surface area (Å²) in [7, 11) is 1.63. The number of amides is 1. The molecule has 0 radical (unpaired) electrons. The average molecular weight is 369 g/mol. The van der Waals surface area contributed by atoms with Crippen molar-refractivity contribution in [2.75, 3.05) is 26.7 Å². The molecule has 7 heteroatoms. The smallest absolute Gasteiger partial charge is 0.282 e. The Bertz CT molecular complexity index is 818. The van der Waals surface area contributed by atoms with Gasteiger partial charge >= 0.3 is 0 Å². The third-order valence-corrected chi connectivity index (χ3v) is 4.88. The minimum absolute atomic E-state index is 0.0460. The molecule has 1 heterocycles. The van der Waals surface area contributed by atoms with Crippen LogP contribution in [0, 0.1) is 10.1 Å². The van der Waals surface area contributed by atoms with E-state index in [0.717, 1.165) is 37.2 Å². The van der Waals surface area contributed by atoms with Crippen LogP contribution in [0.25, 0.3) is 0 Å². The molecule has 1 amide bonds. The Kier molecular flexibility index (Phi) is 6.03. The Morgan fingerprint density at radius 2 is 1.85 bits per heavy atom. The molecule has 0 aliphatic carbocycles. The Morgan fingerprint density at radius 1 is 1.19 bits per heavy atom. The molecule has 2 aromatic carbocycles. The number of ether oxygens (including phenoxy) is 1. The summed E-state index contributed by atoms with van der Waals surface area (Å²) in [5, 5.41) is 14.1. The van der Waals surface area contributed by atoms with Crippen LogP contribution >= 0.6 is 0 Å². The number of carbonyl (C=O) groups is 1. The summed E-state index contributed by atoms with van der Waals surface area (Å²) in [5.41, 5.74) is 0.887. The Balaban J connectivity index is 1.81. The van der Waals surface area contributed by atoms with Gasteiger partial charge < -0.3 is 10.1 Å². The van der Waals surface area contributed by atoms with Crippen molar-refractivity contribution in [3.8, 4) is 5.75 Å². The van der Waals surface area contributed by atoms with Crippen LogP contribution in [0.2, 0.25) is 0 Å². The number of hydrogen-bond donors (Lipinski definition) is 1. The van der Waals surface area contributed by atoms with Crippen molar-refractivity contribution in [3.63, 3.8) is 0 Å². The summed E-state index contributed by atoms with van der Waals surface area (Å²) < 4.78 is 5.50. The van der Waals surface area contributed by atoms with Gasteiger partial charge in [-0.1, -0.05) is 30.3 Å². The molecule has 3 rings (SSSR count). The SMILES string of the molecule is COc1ccccc1C(CNC(=O)c1ccccc1[N+](=O)[O-])N1CCCC1. The molecule has 0 aromatic heterocycles. The summed E-state index contributed by atoms with van der Waals surface area (Å²) in [4.78, 5) is 25.6. The second-order valence-corrected chi connectivity index (χ2v) is 6.49. The molecule has 1 aliphatic rings. The number of benzene rings is 2. The first kappa shape index (κ1) is 18.8. The van der Waals surface area contributed by atoms with Crippen molar-refractivity contribution in [1.82, 2.24) is 10.2 Å². The lowest BCUT2D eigenvalue weighted by atomic mass is 10.0. The zero-order chi connectivity index (χ0) is 19.2. The Hall–Kier alpha value is -2.93. The predicted octanol–water partition coefficient (Wildman–Crippen LogP) is 3.17. The number of nitro benzene ring substituents is 1. The van der Waals surface area contributed by atoms with E-state index in [0.29, 0.717) is 6.54 Å². The number of likely N-dealkylation sites (tertiary alicyclic amines) is 1. The van der Waals surface area contributed by atoms with Crippen molar-refractivity contribution in [2.24, 2.45) is 0 Å². The molecule has 1 atom stereocenters. The highest BCUT2D eigenvalue weighted by atomic mass is 16.6. The van der Waals surface area contributed by atoms with Crippen LogP contribution in [-0.4, -0.2) is 42.5 Å². The summed E-state index contributed by atoms with van der Waals surface area (Å²) in [6, 6.07) is 13.7. The first-order chi connectivity index (χ1) is 13.1. The number of carbonyl (C=O) groups excluding carboxylic acids is 1. The third-order valence-electron chi connectivity index (χ3n) is 4.88. The van der Waals surface area contributed by atoms with Crippen LogP contribution in [0.4, 0.5) is 5.69 Å². The van der Waals surface area contributed by atoms with E-state index in [9.17, 15) is 14.9 Å². The molecule has 1 aliphatic heterocycles. The van der Waals surface area contributed by atoms with Gasteiger partial charge in [-0.3, -0.25) is 19.8 Å². The van der Waals surface area contributed by atoms with Gasteiger partial charge in [0.1, 0.15) is 11.3 Å². The van der Waals surface area contributed by atoms with Crippen LogP contribution in [0.3, 0.4) is 0 Å². The second-order valence-electron chi connectivity index (χ2n) is 6.49. The number of hydrogen-bond acceptors (Lipinski definition) is 5. The van der Waals surface area contributed by atoms with Crippen LogP contribution in [0.15, 0.2) is 48.5 Å². The summed E-state index contributed by atoms with van der Waals surface area (Å²) in [5.74, 6) is 0.329. The van der Waals surface area contributed by atoms with Gasteiger partial charge in [-0.05, 0) is 38.1 Å². The van der Waals surface area contributed by atoms with E-state index in [1.54, 1.807) is 19.2 Å². The molecule has 2 aromatic rings. The molecule has 1 unspecified atom stereocenters. The summed E-state index contributed by atoms with van der Waals surface area (Å²) in [6.45, 7) is 2.25. The van der Waals surface area contributed by atoms with Gasteiger partial charge in [0.05, 0.1) is 18.1 Å². The Morgan fingerprint density at radius 3 is 2.56 bits per heavy atom. The number of methoxy groups -OCH3 is 1. The lowest BCUT2D eigenvalue weighted by molar-refractivity contribution is -0.385. The van der Waals surface area contributed by atoms with E-state index in [2.05, 4.69) is 10.2 Å². The van der Waals surface area contributed by atoms with E-state index in [-0.39, 0.29) is 17.3 Å². The predicted molar refractivity (Wildman–Crippen MR) is 102 cm³/mol. The van der Waals surface area contributed by atoms with Crippen LogP contribution in [0.5, 0.6) is 5.75 Å². The first-order valence-corrected chi connectivity index (χ1v) is 9.00. The summed E-state index contributed by atoms with van der Waals surface area (Å²) in [6.07, 6.45) is 2.23. The molecule has 0 saturated carbocycles. The van der Waals surface area contributed by atoms with Crippen molar-refractivity contribution in [3.05, 3.63) is 69.8 Å². The molecule has 1 fully saturated rings. The van der Waals surface area contributed by atoms with Crippen LogP contribution in [0.1, 0.15) is 34.8 Å². The average Bonchev–Trinajstić information content (AvgIpc) is 3.22. The normalized spacial score (nSPS) is 15.3. The van der Waals surface area contributed by atoms with Gasteiger partial charge in [-0.2, -0.15) is 0 Å². The maximum atomic E-state index is 12.6. The fraction of sp³-hybridized carbons (Fsp3) is 0.350. The molecule has 1 saturated heterocycles. The van der Waals surface area contributed by atoms with Gasteiger partial charge in [0.15, 0.2) is 0 Å². The minimum atomic E-state index is -0.535. The van der Waals surface area contributed by atoms with Crippen LogP contribution in [-0.2, 0) is 0 Å². The van der Waals surface area contributed by atoms with Gasteiger partial charge in [0.25, 0.3) is 11.6 Å². The third kappa shape index (κ3) is 4.25. The summed E-state index contributed by atoms with van der Waals surface area (Å²) >= 11 is 0. The van der Waals surface area contributed by atoms with Crippen molar-refractivity contribution >= 4 is 11.6 Å². The zero-order valence-electron chi connectivity index (χ0n) is 15.3. The van der Waals surface area contributed by atoms with Gasteiger partial charge in [0, 0.05) is 18.2 Å². The second kappa shape index (κ2) is 8.64. The fourth-order valence-electron chi connectivity index (χ4n) is 3.54. The largest absolute Gasteiger partial charge is 0.496 e. The highest BCUT2D eigenvalue weighted by molar-refractivity contribution is 5.98. The van der Waals surface area contributed by atoms with Crippen molar-refractivity contribution in [1.29, 1.82) is 0 Å². The molecular formula is C20H23N3O4. The highest BCUT2D eigenvalue weighted by Crippen LogP contribution is 2.31. The zero-order valence-corrected chi connectivity index (χ0v) is 15.3. The van der Waals surface area contributed by atoms with E-state index < -0.39 is 10.8 Å². The first-order valence-electron chi connectivity index (χ1n) is 9.00. The minimum Gasteiger partial charge on any atom is -0.496 e. The monoisotopic (exact) mass is 369 g/mol. The van der Waals surface area contributed by atoms with Crippen molar-refractivity contribution in [2.45, 2.75) is 18.9 Å². The lowest BCUT2D eigenvalue weighted by Gasteiger charge is -2.29. The number of nitrogens with one attached hydrogen (secondary N) is 1. The molecule has 0 spiro atoms. The highest BCUT2D eigenvalue weighted by Gasteiger charge is 2.27. The topological polar surface area (TPSA) is 84.7 Å². The van der Waals surface area contributed by atoms with E-state index in [1.807, 2.05) is 24.3 Å². The van der Waals surface area contributed by atoms with Crippen molar-refractivity contribution < 1.29 is 14.5 Å². The van der Waals surface area contributed by atoms with Gasteiger partial charge in [-0.25, -0.2) is 0 Å². The number of nitrogens with zero attached hydrogens (tertiary/aromatic N) is 2. The number of rotatable bonds is 7. The van der Waals surface area contributed by atoms with Crippen LogP contribution < -0.4 is 10.1 Å². The number of nitro groups is 1. The molecular weight excluding hydrogens is 346 g/mol. The van der Waals surface area contributed by atoms with E-state index in [1.165, 1.54) is 12.1 Å². The Labute approximate surface area is 158 Å². The quantitative estimate of drug-likeness (QED) is 0.598.